The first-order valence-corrected chi connectivity index (χ1v) is 7.00. The highest BCUT2D eigenvalue weighted by molar-refractivity contribution is 6.34. The van der Waals surface area contributed by atoms with Crippen molar-refractivity contribution in [2.24, 2.45) is 0 Å². The molecule has 3 rings (SSSR count). The van der Waals surface area contributed by atoms with Crippen LogP contribution in [0, 0.1) is 6.92 Å². The Morgan fingerprint density at radius 2 is 2.00 bits per heavy atom. The van der Waals surface area contributed by atoms with Crippen molar-refractivity contribution in [3.8, 4) is 0 Å². The summed E-state index contributed by atoms with van der Waals surface area (Å²) < 4.78 is 1.54. The molecule has 0 unspecified atom stereocenters. The summed E-state index contributed by atoms with van der Waals surface area (Å²) in [6.07, 6.45) is 1.67. The first-order valence-electron chi connectivity index (χ1n) is 6.62. The summed E-state index contributed by atoms with van der Waals surface area (Å²) in [5.74, 6) is -0.198. The van der Waals surface area contributed by atoms with E-state index in [1.165, 1.54) is 4.57 Å². The van der Waals surface area contributed by atoms with E-state index in [2.05, 4.69) is 0 Å². The van der Waals surface area contributed by atoms with Crippen LogP contribution in [-0.4, -0.2) is 15.6 Å². The fraction of sp³-hybridized carbons (Fsp3) is 0.118. The molecule has 4 heteroatoms. The summed E-state index contributed by atoms with van der Waals surface area (Å²) >= 11 is 6.18. The number of aryl methyl sites for hydroxylation is 1. The maximum atomic E-state index is 12.7. The number of hydrogen-bond acceptors (Lipinski definition) is 2. The predicted octanol–water partition coefficient (Wildman–Crippen LogP) is 3.78. The number of para-hydroxylation sites is 1. The van der Waals surface area contributed by atoms with Crippen molar-refractivity contribution in [2.45, 2.75) is 13.5 Å². The number of aliphatic hydroxyl groups is 1. The van der Waals surface area contributed by atoms with E-state index in [4.69, 9.17) is 11.6 Å². The van der Waals surface area contributed by atoms with Crippen LogP contribution in [0.1, 0.15) is 21.5 Å². The van der Waals surface area contributed by atoms with E-state index in [1.54, 1.807) is 18.3 Å². The van der Waals surface area contributed by atoms with Crippen molar-refractivity contribution in [1.82, 2.24) is 4.57 Å². The van der Waals surface area contributed by atoms with Crippen molar-refractivity contribution in [3.05, 3.63) is 70.4 Å². The minimum Gasteiger partial charge on any atom is -0.392 e. The van der Waals surface area contributed by atoms with Gasteiger partial charge in [-0.05, 0) is 30.7 Å². The van der Waals surface area contributed by atoms with Crippen LogP contribution >= 0.6 is 11.6 Å². The minimum atomic E-state index is -0.198. The summed E-state index contributed by atoms with van der Waals surface area (Å²) in [5, 5.41) is 10.7. The Morgan fingerprint density at radius 1 is 1.24 bits per heavy atom. The predicted molar refractivity (Wildman–Crippen MR) is 83.8 cm³/mol. The molecule has 0 saturated heterocycles. The number of carbonyl (C=O) groups excluding carboxylic acids is 1. The molecule has 21 heavy (non-hydrogen) atoms. The Balaban J connectivity index is 2.18. The summed E-state index contributed by atoms with van der Waals surface area (Å²) in [5.41, 5.74) is 2.95. The lowest BCUT2D eigenvalue weighted by Crippen LogP contribution is -2.11. The Labute approximate surface area is 127 Å². The van der Waals surface area contributed by atoms with Crippen LogP contribution in [0.5, 0.6) is 0 Å². The van der Waals surface area contributed by atoms with Crippen molar-refractivity contribution >= 4 is 28.4 Å². The van der Waals surface area contributed by atoms with Gasteiger partial charge >= 0.3 is 0 Å². The smallest absolute Gasteiger partial charge is 0.263 e. The van der Waals surface area contributed by atoms with Crippen molar-refractivity contribution < 1.29 is 9.90 Å². The van der Waals surface area contributed by atoms with E-state index < -0.39 is 0 Å². The van der Waals surface area contributed by atoms with Gasteiger partial charge in [0.05, 0.1) is 22.7 Å². The number of carbonyl (C=O) groups is 1. The highest BCUT2D eigenvalue weighted by atomic mass is 35.5. The van der Waals surface area contributed by atoms with Gasteiger partial charge in [-0.25, -0.2) is 0 Å². The van der Waals surface area contributed by atoms with E-state index in [-0.39, 0.29) is 12.5 Å². The van der Waals surface area contributed by atoms with E-state index in [0.29, 0.717) is 10.6 Å². The van der Waals surface area contributed by atoms with Crippen LogP contribution in [0.2, 0.25) is 5.02 Å². The zero-order valence-corrected chi connectivity index (χ0v) is 12.3. The number of aromatic nitrogens is 1. The van der Waals surface area contributed by atoms with Gasteiger partial charge in [-0.2, -0.15) is 0 Å². The first kappa shape index (κ1) is 13.9. The largest absolute Gasteiger partial charge is 0.392 e. The van der Waals surface area contributed by atoms with Gasteiger partial charge in [0.15, 0.2) is 0 Å². The zero-order chi connectivity index (χ0) is 15.0. The monoisotopic (exact) mass is 299 g/mol. The van der Waals surface area contributed by atoms with Crippen LogP contribution in [0.25, 0.3) is 10.9 Å². The molecular formula is C17H14ClNO2. The molecule has 0 radical (unpaired) electrons. The molecule has 1 aromatic heterocycles. The molecule has 0 spiro atoms. The highest BCUT2D eigenvalue weighted by Crippen LogP contribution is 2.25. The average molecular weight is 300 g/mol. The zero-order valence-electron chi connectivity index (χ0n) is 11.5. The SMILES string of the molecule is Cc1ccc(C(=O)n2cc(CO)c3ccccc32)c(Cl)c1. The topological polar surface area (TPSA) is 42.2 Å². The Kier molecular flexibility index (Phi) is 3.53. The second kappa shape index (κ2) is 5.35. The van der Waals surface area contributed by atoms with Crippen LogP contribution < -0.4 is 0 Å². The summed E-state index contributed by atoms with van der Waals surface area (Å²) in [4.78, 5) is 12.7. The Bertz CT molecular complexity index is 836. The third kappa shape index (κ3) is 2.35. The van der Waals surface area contributed by atoms with Crippen LogP contribution in [0.4, 0.5) is 0 Å². The Morgan fingerprint density at radius 3 is 2.71 bits per heavy atom. The molecule has 0 aliphatic rings. The van der Waals surface area contributed by atoms with Crippen LogP contribution in [-0.2, 0) is 6.61 Å². The molecule has 3 aromatic rings. The highest BCUT2D eigenvalue weighted by Gasteiger charge is 2.16. The lowest BCUT2D eigenvalue weighted by atomic mass is 10.1. The van der Waals surface area contributed by atoms with Crippen molar-refractivity contribution in [2.75, 3.05) is 0 Å². The van der Waals surface area contributed by atoms with Crippen LogP contribution in [0.15, 0.2) is 48.7 Å². The number of aliphatic hydroxyl groups excluding tert-OH is 1. The summed E-state index contributed by atoms with van der Waals surface area (Å²) in [6.45, 7) is 1.82. The summed E-state index contributed by atoms with van der Waals surface area (Å²) in [7, 11) is 0. The quantitative estimate of drug-likeness (QED) is 0.782. The normalized spacial score (nSPS) is 11.0. The molecule has 0 saturated carbocycles. The molecule has 0 bridgehead atoms. The Hall–Kier alpha value is -2.10. The molecule has 0 amide bonds. The molecule has 1 heterocycles. The van der Waals surface area contributed by atoms with E-state index >= 15 is 0 Å². The van der Waals surface area contributed by atoms with Crippen molar-refractivity contribution in [1.29, 1.82) is 0 Å². The number of rotatable bonds is 2. The third-order valence-corrected chi connectivity index (χ3v) is 3.85. The minimum absolute atomic E-state index is 0.109. The maximum absolute atomic E-state index is 12.7. The van der Waals surface area contributed by atoms with Gasteiger partial charge in [0.25, 0.3) is 5.91 Å². The molecule has 106 valence electrons. The van der Waals surface area contributed by atoms with Gasteiger partial charge in [-0.1, -0.05) is 35.9 Å². The second-order valence-corrected chi connectivity index (χ2v) is 5.40. The molecule has 0 aliphatic carbocycles. The molecule has 2 aromatic carbocycles. The summed E-state index contributed by atoms with van der Waals surface area (Å²) in [6, 6.07) is 12.9. The third-order valence-electron chi connectivity index (χ3n) is 3.54. The van der Waals surface area contributed by atoms with Gasteiger partial charge in [-0.15, -0.1) is 0 Å². The van der Waals surface area contributed by atoms with Gasteiger partial charge < -0.3 is 5.11 Å². The standard InChI is InChI=1S/C17H14ClNO2/c1-11-6-7-14(15(18)8-11)17(21)19-9-12(10-20)13-4-2-3-5-16(13)19/h2-9,20H,10H2,1H3. The second-order valence-electron chi connectivity index (χ2n) is 4.99. The molecular weight excluding hydrogens is 286 g/mol. The molecule has 0 atom stereocenters. The van der Waals surface area contributed by atoms with Gasteiger partial charge in [0.1, 0.15) is 0 Å². The fourth-order valence-electron chi connectivity index (χ4n) is 2.47. The van der Waals surface area contributed by atoms with E-state index in [9.17, 15) is 9.90 Å². The number of benzene rings is 2. The molecule has 0 aliphatic heterocycles. The number of hydrogen-bond donors (Lipinski definition) is 1. The lowest BCUT2D eigenvalue weighted by molar-refractivity contribution is 0.0965. The van der Waals surface area contributed by atoms with Gasteiger partial charge in [0, 0.05) is 17.1 Å². The lowest BCUT2D eigenvalue weighted by Gasteiger charge is -2.06. The van der Waals surface area contributed by atoms with Crippen molar-refractivity contribution in [3.63, 3.8) is 0 Å². The van der Waals surface area contributed by atoms with E-state index in [0.717, 1.165) is 22.0 Å². The van der Waals surface area contributed by atoms with E-state index in [1.807, 2.05) is 37.3 Å². The number of halogens is 1. The average Bonchev–Trinajstić information content (AvgIpc) is 2.85. The first-order chi connectivity index (χ1) is 10.1. The van der Waals surface area contributed by atoms with Crippen LogP contribution in [0.3, 0.4) is 0 Å². The fourth-order valence-corrected chi connectivity index (χ4v) is 2.78. The molecule has 1 N–H and O–H groups in total. The van der Waals surface area contributed by atoms with Gasteiger partial charge in [-0.3, -0.25) is 9.36 Å². The number of nitrogens with zero attached hydrogens (tertiary/aromatic N) is 1. The number of fused-ring (bicyclic) bond motifs is 1. The maximum Gasteiger partial charge on any atom is 0.263 e. The molecule has 3 nitrogen and oxygen atoms in total. The van der Waals surface area contributed by atoms with Gasteiger partial charge in [0.2, 0.25) is 0 Å². The molecule has 0 fully saturated rings.